The van der Waals surface area contributed by atoms with Gasteiger partial charge in [-0.1, -0.05) is 60.7 Å². The van der Waals surface area contributed by atoms with Gasteiger partial charge in [0.05, 0.1) is 0 Å². The van der Waals surface area contributed by atoms with E-state index in [-0.39, 0.29) is 5.91 Å². The summed E-state index contributed by atoms with van der Waals surface area (Å²) in [6, 6.07) is 28.7. The van der Waals surface area contributed by atoms with Gasteiger partial charge in [-0.25, -0.2) is 0 Å². The summed E-state index contributed by atoms with van der Waals surface area (Å²) in [5.41, 5.74) is 6.83. The Hall–Kier alpha value is -3.89. The lowest BCUT2D eigenvalue weighted by Crippen LogP contribution is -2.32. The second-order valence-corrected chi connectivity index (χ2v) is 9.10. The number of anilines is 1. The molecule has 168 valence electrons. The molecule has 0 saturated heterocycles. The van der Waals surface area contributed by atoms with Gasteiger partial charge in [-0.3, -0.25) is 9.69 Å². The minimum Gasteiger partial charge on any atom is -0.361 e. The second-order valence-electron chi connectivity index (χ2n) is 9.10. The van der Waals surface area contributed by atoms with Crippen LogP contribution in [0.15, 0.2) is 91.1 Å². The fourth-order valence-corrected chi connectivity index (χ4v) is 5.11. The number of aromatic amines is 1. The lowest BCUT2D eigenvalue weighted by atomic mass is 9.99. The number of amides is 1. The van der Waals surface area contributed by atoms with Crippen molar-refractivity contribution < 1.29 is 4.79 Å². The van der Waals surface area contributed by atoms with Crippen LogP contribution >= 0.6 is 0 Å². The number of carbonyl (C=O) groups excluding carboxylic acids is 1. The lowest BCUT2D eigenvalue weighted by molar-refractivity contribution is 0.102. The van der Waals surface area contributed by atoms with Crippen LogP contribution < -0.4 is 5.32 Å². The molecule has 5 aromatic rings. The van der Waals surface area contributed by atoms with Crippen LogP contribution in [0.4, 0.5) is 5.69 Å². The van der Waals surface area contributed by atoms with Gasteiger partial charge >= 0.3 is 0 Å². The monoisotopic (exact) mass is 445 g/mol. The number of benzene rings is 4. The summed E-state index contributed by atoms with van der Waals surface area (Å²) in [6.07, 6.45) is 4.20. The van der Waals surface area contributed by atoms with E-state index in [1.807, 2.05) is 48.5 Å². The first-order valence-electron chi connectivity index (χ1n) is 11.9. The molecule has 0 saturated carbocycles. The van der Waals surface area contributed by atoms with Gasteiger partial charge in [-0.15, -0.1) is 0 Å². The first kappa shape index (κ1) is 20.7. The summed E-state index contributed by atoms with van der Waals surface area (Å²) in [5.74, 6) is -0.0831. The number of carbonyl (C=O) groups is 1. The molecule has 1 aliphatic heterocycles. The summed E-state index contributed by atoms with van der Waals surface area (Å²) < 4.78 is 0. The number of hydrogen-bond donors (Lipinski definition) is 2. The molecule has 0 fully saturated rings. The van der Waals surface area contributed by atoms with Crippen molar-refractivity contribution in [2.45, 2.75) is 19.4 Å². The number of fused-ring (bicyclic) bond motifs is 3. The SMILES string of the molecule is O=C(Nc1ccc2[nH]cc(CCN3CCc4ccccc4C3)c2c1)c1cccc2ccccc12. The molecule has 34 heavy (non-hydrogen) atoms. The predicted octanol–water partition coefficient (Wildman–Crippen LogP) is 6.17. The Morgan fingerprint density at radius 1 is 0.882 bits per heavy atom. The van der Waals surface area contributed by atoms with E-state index in [9.17, 15) is 4.79 Å². The van der Waals surface area contributed by atoms with E-state index in [4.69, 9.17) is 0 Å². The Balaban J connectivity index is 1.19. The molecule has 4 aromatic carbocycles. The van der Waals surface area contributed by atoms with Gasteiger partial charge in [-0.2, -0.15) is 0 Å². The summed E-state index contributed by atoms with van der Waals surface area (Å²) >= 11 is 0. The molecule has 1 aliphatic rings. The number of rotatable bonds is 5. The molecule has 0 unspecified atom stereocenters. The minimum atomic E-state index is -0.0831. The van der Waals surface area contributed by atoms with Crippen molar-refractivity contribution in [1.29, 1.82) is 0 Å². The number of H-pyrrole nitrogens is 1. The highest BCUT2D eigenvalue weighted by Crippen LogP contribution is 2.26. The molecular weight excluding hydrogens is 418 g/mol. The van der Waals surface area contributed by atoms with E-state index < -0.39 is 0 Å². The van der Waals surface area contributed by atoms with Crippen molar-refractivity contribution in [2.75, 3.05) is 18.4 Å². The first-order chi connectivity index (χ1) is 16.7. The molecule has 2 N–H and O–H groups in total. The molecule has 1 amide bonds. The van der Waals surface area contributed by atoms with E-state index in [0.29, 0.717) is 5.56 Å². The highest BCUT2D eigenvalue weighted by molar-refractivity contribution is 6.13. The van der Waals surface area contributed by atoms with Gasteiger partial charge in [0.25, 0.3) is 5.91 Å². The van der Waals surface area contributed by atoms with Crippen LogP contribution in [0.5, 0.6) is 0 Å². The number of aromatic nitrogens is 1. The zero-order valence-electron chi connectivity index (χ0n) is 19.1. The smallest absolute Gasteiger partial charge is 0.256 e. The summed E-state index contributed by atoms with van der Waals surface area (Å²) in [5, 5.41) is 6.32. The van der Waals surface area contributed by atoms with E-state index in [0.717, 1.165) is 54.5 Å². The molecule has 0 aliphatic carbocycles. The molecule has 4 heteroatoms. The zero-order chi connectivity index (χ0) is 22.9. The Bertz CT molecular complexity index is 1490. The largest absolute Gasteiger partial charge is 0.361 e. The fraction of sp³-hybridized carbons (Fsp3) is 0.167. The van der Waals surface area contributed by atoms with E-state index in [1.165, 1.54) is 22.1 Å². The molecule has 1 aromatic heterocycles. The van der Waals surface area contributed by atoms with Crippen molar-refractivity contribution in [3.63, 3.8) is 0 Å². The molecule has 0 spiro atoms. The summed E-state index contributed by atoms with van der Waals surface area (Å²) in [7, 11) is 0. The molecule has 0 bridgehead atoms. The Kier molecular flexibility index (Phi) is 5.36. The summed E-state index contributed by atoms with van der Waals surface area (Å²) in [4.78, 5) is 19.0. The van der Waals surface area contributed by atoms with Crippen molar-refractivity contribution in [3.05, 3.63) is 113 Å². The third kappa shape index (κ3) is 3.97. The standard InChI is InChI=1S/C30H27N3O/c34-30(27-11-5-9-22-7-3-4-10-26(22)27)32-25-12-13-29-28(18-25)23(19-31-29)15-17-33-16-14-21-6-1-2-8-24(21)20-33/h1-13,18-19,31H,14-17,20H2,(H,32,34). The summed E-state index contributed by atoms with van der Waals surface area (Å²) in [6.45, 7) is 3.14. The van der Waals surface area contributed by atoms with Crippen LogP contribution in [0, 0.1) is 0 Å². The topological polar surface area (TPSA) is 48.1 Å². The van der Waals surface area contributed by atoms with Gasteiger partial charge in [0.1, 0.15) is 0 Å². The van der Waals surface area contributed by atoms with Crippen molar-refractivity contribution in [1.82, 2.24) is 9.88 Å². The van der Waals surface area contributed by atoms with Crippen LogP contribution in [0.2, 0.25) is 0 Å². The van der Waals surface area contributed by atoms with Crippen molar-refractivity contribution in [3.8, 4) is 0 Å². The lowest BCUT2D eigenvalue weighted by Gasteiger charge is -2.28. The predicted molar refractivity (Wildman–Crippen MR) is 139 cm³/mol. The average molecular weight is 446 g/mol. The van der Waals surface area contributed by atoms with Gasteiger partial charge in [0, 0.05) is 48.0 Å². The van der Waals surface area contributed by atoms with Crippen LogP contribution in [0.25, 0.3) is 21.7 Å². The number of nitrogens with zero attached hydrogens (tertiary/aromatic N) is 1. The fourth-order valence-electron chi connectivity index (χ4n) is 5.11. The zero-order valence-corrected chi connectivity index (χ0v) is 19.1. The van der Waals surface area contributed by atoms with Crippen LogP contribution in [-0.2, 0) is 19.4 Å². The Labute approximate surface area is 199 Å². The number of nitrogens with one attached hydrogen (secondary N) is 2. The highest BCUT2D eigenvalue weighted by Gasteiger charge is 2.16. The molecule has 4 nitrogen and oxygen atoms in total. The molecule has 6 rings (SSSR count). The molecule has 0 radical (unpaired) electrons. The molecular formula is C30H27N3O. The van der Waals surface area contributed by atoms with Gasteiger partial charge < -0.3 is 10.3 Å². The third-order valence-corrected chi connectivity index (χ3v) is 6.97. The second kappa shape index (κ2) is 8.81. The number of hydrogen-bond acceptors (Lipinski definition) is 2. The maximum Gasteiger partial charge on any atom is 0.256 e. The minimum absolute atomic E-state index is 0.0831. The van der Waals surface area contributed by atoms with Crippen LogP contribution in [0.1, 0.15) is 27.0 Å². The van der Waals surface area contributed by atoms with Gasteiger partial charge in [0.15, 0.2) is 0 Å². The van der Waals surface area contributed by atoms with Gasteiger partial charge in [0.2, 0.25) is 0 Å². The first-order valence-corrected chi connectivity index (χ1v) is 11.9. The molecule has 2 heterocycles. The van der Waals surface area contributed by atoms with E-state index in [1.54, 1.807) is 0 Å². The van der Waals surface area contributed by atoms with Crippen molar-refractivity contribution in [2.24, 2.45) is 0 Å². The maximum absolute atomic E-state index is 13.1. The Morgan fingerprint density at radius 3 is 2.65 bits per heavy atom. The quantitative estimate of drug-likeness (QED) is 0.340. The highest BCUT2D eigenvalue weighted by atomic mass is 16.1. The van der Waals surface area contributed by atoms with Crippen LogP contribution in [0.3, 0.4) is 0 Å². The maximum atomic E-state index is 13.1. The Morgan fingerprint density at radius 2 is 1.71 bits per heavy atom. The van der Waals surface area contributed by atoms with Crippen LogP contribution in [-0.4, -0.2) is 28.9 Å². The van der Waals surface area contributed by atoms with Gasteiger partial charge in [-0.05, 0) is 64.6 Å². The normalized spacial score (nSPS) is 13.8. The third-order valence-electron chi connectivity index (χ3n) is 6.97. The van der Waals surface area contributed by atoms with E-state index >= 15 is 0 Å². The average Bonchev–Trinajstić information content (AvgIpc) is 3.29. The molecule has 0 atom stereocenters. The van der Waals surface area contributed by atoms with E-state index in [2.05, 4.69) is 57.8 Å². The van der Waals surface area contributed by atoms with Crippen molar-refractivity contribution >= 4 is 33.3 Å².